The van der Waals surface area contributed by atoms with Gasteiger partial charge >= 0.3 is 5.76 Å². The number of aromatic nitrogens is 1. The lowest BCUT2D eigenvalue weighted by molar-refractivity contribution is -0.122. The van der Waals surface area contributed by atoms with Crippen molar-refractivity contribution in [1.29, 1.82) is 0 Å². The van der Waals surface area contributed by atoms with Gasteiger partial charge in [-0.3, -0.25) is 9.36 Å². The largest absolute Gasteiger partial charge is 0.419 e. The maximum Gasteiger partial charge on any atom is 0.419 e. The molecule has 154 valence electrons. The van der Waals surface area contributed by atoms with Gasteiger partial charge in [0.25, 0.3) is 0 Å². The summed E-state index contributed by atoms with van der Waals surface area (Å²) >= 11 is 0. The molecule has 1 heterocycles. The van der Waals surface area contributed by atoms with E-state index in [0.717, 1.165) is 12.8 Å². The number of carbonyl (C=O) groups is 1. The molecule has 0 radical (unpaired) electrons. The summed E-state index contributed by atoms with van der Waals surface area (Å²) in [6.07, 6.45) is 3.31. The summed E-state index contributed by atoms with van der Waals surface area (Å²) in [5, 5.41) is 3.03. The molecule has 0 bridgehead atoms. The van der Waals surface area contributed by atoms with E-state index in [1.807, 2.05) is 0 Å². The van der Waals surface area contributed by atoms with Gasteiger partial charge in [0.1, 0.15) is 0 Å². The number of sulfonamides is 1. The smallest absolute Gasteiger partial charge is 0.408 e. The third-order valence-corrected chi connectivity index (χ3v) is 7.23. The molecule has 1 saturated carbocycles. The summed E-state index contributed by atoms with van der Waals surface area (Å²) in [5.41, 5.74) is 0.715. The van der Waals surface area contributed by atoms with Gasteiger partial charge < -0.3 is 9.73 Å². The Kier molecular flexibility index (Phi) is 5.95. The van der Waals surface area contributed by atoms with Gasteiger partial charge in [0, 0.05) is 32.1 Å². The topological polar surface area (TPSA) is 110 Å². The van der Waals surface area contributed by atoms with Crippen LogP contribution in [0.2, 0.25) is 0 Å². The van der Waals surface area contributed by atoms with Crippen LogP contribution in [0.3, 0.4) is 0 Å². The van der Waals surface area contributed by atoms with Gasteiger partial charge in [-0.2, -0.15) is 0 Å². The van der Waals surface area contributed by atoms with Gasteiger partial charge in [-0.25, -0.2) is 17.9 Å². The molecular weight excluding hydrogens is 382 g/mol. The molecule has 0 spiro atoms. The van der Waals surface area contributed by atoms with Crippen LogP contribution in [-0.4, -0.2) is 31.5 Å². The number of fused-ring (bicyclic) bond motifs is 1. The summed E-state index contributed by atoms with van der Waals surface area (Å²) < 4.78 is 33.7. The number of aryl methyl sites for hydroxylation is 1. The van der Waals surface area contributed by atoms with Crippen LogP contribution >= 0.6 is 0 Å². The number of hydrogen-bond donors (Lipinski definition) is 2. The molecule has 3 rings (SSSR count). The summed E-state index contributed by atoms with van der Waals surface area (Å²) in [7, 11) is -2.26. The lowest BCUT2D eigenvalue weighted by Gasteiger charge is -2.34. The fourth-order valence-electron chi connectivity index (χ4n) is 3.73. The highest BCUT2D eigenvalue weighted by atomic mass is 32.2. The minimum atomic E-state index is -3.80. The van der Waals surface area contributed by atoms with E-state index in [2.05, 4.69) is 23.9 Å². The molecule has 1 aliphatic carbocycles. The predicted molar refractivity (Wildman–Crippen MR) is 105 cm³/mol. The second kappa shape index (κ2) is 8.08. The monoisotopic (exact) mass is 409 g/mol. The van der Waals surface area contributed by atoms with Gasteiger partial charge in [0.15, 0.2) is 5.58 Å². The molecule has 2 N–H and O–H groups in total. The van der Waals surface area contributed by atoms with Crippen molar-refractivity contribution in [2.75, 3.05) is 6.54 Å². The Bertz CT molecular complexity index is 1020. The van der Waals surface area contributed by atoms with Crippen molar-refractivity contribution in [2.24, 2.45) is 18.9 Å². The van der Waals surface area contributed by atoms with Crippen LogP contribution in [0.25, 0.3) is 11.1 Å². The Morgan fingerprint density at radius 3 is 2.79 bits per heavy atom. The maximum absolute atomic E-state index is 12.5. The average molecular weight is 410 g/mol. The number of carbonyl (C=O) groups excluding carboxylic acids is 1. The van der Waals surface area contributed by atoms with Crippen molar-refractivity contribution in [3.05, 3.63) is 28.7 Å². The molecular formula is C19H27N3O5S. The molecule has 1 aliphatic rings. The third kappa shape index (κ3) is 4.30. The molecule has 28 heavy (non-hydrogen) atoms. The standard InChI is InChI=1S/C19H27N3O5S/c1-12-5-4-6-15(13(12)2)21-18(23)9-10-20-28(25,26)14-7-8-16-17(11-14)27-19(24)22(16)3/h7-8,11-13,15,20H,4-6,9-10H2,1-3H3,(H,21,23)/t12-,13+,15-/m1/s1. The van der Waals surface area contributed by atoms with Crippen molar-refractivity contribution in [3.63, 3.8) is 0 Å². The molecule has 3 atom stereocenters. The van der Waals surface area contributed by atoms with Crippen LogP contribution in [0.4, 0.5) is 0 Å². The molecule has 1 aromatic carbocycles. The number of nitrogens with one attached hydrogen (secondary N) is 2. The summed E-state index contributed by atoms with van der Waals surface area (Å²) in [5.74, 6) is 0.283. The van der Waals surface area contributed by atoms with Crippen molar-refractivity contribution in [1.82, 2.24) is 14.6 Å². The number of rotatable bonds is 6. The SMILES string of the molecule is C[C@H]1[C@H](C)CCC[C@H]1NC(=O)CCNS(=O)(=O)c1ccc2c(c1)oc(=O)n2C. The van der Waals surface area contributed by atoms with Crippen LogP contribution < -0.4 is 15.8 Å². The summed E-state index contributed by atoms with van der Waals surface area (Å²) in [4.78, 5) is 23.7. The molecule has 0 unspecified atom stereocenters. The first-order valence-electron chi connectivity index (χ1n) is 9.57. The highest BCUT2D eigenvalue weighted by Crippen LogP contribution is 2.29. The number of amides is 1. The lowest BCUT2D eigenvalue weighted by Crippen LogP contribution is -2.44. The molecule has 8 nitrogen and oxygen atoms in total. The van der Waals surface area contributed by atoms with E-state index in [-0.39, 0.29) is 35.4 Å². The van der Waals surface area contributed by atoms with Gasteiger partial charge in [-0.1, -0.05) is 26.7 Å². The Morgan fingerprint density at radius 1 is 1.29 bits per heavy atom. The first kappa shape index (κ1) is 20.6. The third-order valence-electron chi connectivity index (χ3n) is 5.77. The number of benzene rings is 1. The second-order valence-electron chi connectivity index (χ2n) is 7.65. The Labute approximate surface area is 164 Å². The zero-order valence-electron chi connectivity index (χ0n) is 16.4. The predicted octanol–water partition coefficient (Wildman–Crippen LogP) is 1.74. The molecule has 9 heteroatoms. The number of nitrogens with zero attached hydrogens (tertiary/aromatic N) is 1. The van der Waals surface area contributed by atoms with E-state index < -0.39 is 15.8 Å². The highest BCUT2D eigenvalue weighted by Gasteiger charge is 2.28. The van der Waals surface area contributed by atoms with Gasteiger partial charge in [0.2, 0.25) is 15.9 Å². The zero-order valence-corrected chi connectivity index (χ0v) is 17.2. The number of hydrogen-bond acceptors (Lipinski definition) is 5. The van der Waals surface area contributed by atoms with Gasteiger partial charge in [-0.15, -0.1) is 0 Å². The minimum absolute atomic E-state index is 0.00158. The molecule has 0 saturated heterocycles. The van der Waals surface area contributed by atoms with E-state index in [1.165, 1.54) is 29.2 Å². The van der Waals surface area contributed by atoms with Gasteiger partial charge in [-0.05, 0) is 30.4 Å². The van der Waals surface area contributed by atoms with E-state index in [9.17, 15) is 18.0 Å². The Morgan fingerprint density at radius 2 is 2.04 bits per heavy atom. The van der Waals surface area contributed by atoms with E-state index in [1.54, 1.807) is 7.05 Å². The fourth-order valence-corrected chi connectivity index (χ4v) is 4.78. The second-order valence-corrected chi connectivity index (χ2v) is 9.41. The Hall–Kier alpha value is -2.13. The normalized spacial score (nSPS) is 23.0. The average Bonchev–Trinajstić information content (AvgIpc) is 2.92. The first-order valence-corrected chi connectivity index (χ1v) is 11.1. The fraction of sp³-hybridized carbons (Fsp3) is 0.579. The number of oxazole rings is 1. The highest BCUT2D eigenvalue weighted by molar-refractivity contribution is 7.89. The zero-order chi connectivity index (χ0) is 20.5. The molecule has 1 aromatic heterocycles. The molecule has 2 aromatic rings. The quantitative estimate of drug-likeness (QED) is 0.755. The minimum Gasteiger partial charge on any atom is -0.408 e. The Balaban J connectivity index is 1.57. The van der Waals surface area contributed by atoms with Crippen molar-refractivity contribution >= 4 is 27.0 Å². The van der Waals surface area contributed by atoms with Crippen LogP contribution in [0, 0.1) is 11.8 Å². The van der Waals surface area contributed by atoms with E-state index in [0.29, 0.717) is 17.4 Å². The van der Waals surface area contributed by atoms with E-state index >= 15 is 0 Å². The first-order chi connectivity index (χ1) is 13.2. The van der Waals surface area contributed by atoms with E-state index in [4.69, 9.17) is 4.42 Å². The summed E-state index contributed by atoms with van der Waals surface area (Å²) in [6, 6.07) is 4.39. The van der Waals surface area contributed by atoms with Crippen molar-refractivity contribution < 1.29 is 17.6 Å². The molecule has 1 amide bonds. The van der Waals surface area contributed by atoms with Crippen LogP contribution in [0.15, 0.2) is 32.3 Å². The van der Waals surface area contributed by atoms with Crippen molar-refractivity contribution in [2.45, 2.75) is 50.5 Å². The van der Waals surface area contributed by atoms with Crippen LogP contribution in [0.5, 0.6) is 0 Å². The van der Waals surface area contributed by atoms with Crippen LogP contribution in [-0.2, 0) is 21.9 Å². The lowest BCUT2D eigenvalue weighted by atomic mass is 9.78. The van der Waals surface area contributed by atoms with Crippen LogP contribution in [0.1, 0.15) is 39.5 Å². The molecule has 0 aliphatic heterocycles. The van der Waals surface area contributed by atoms with Crippen molar-refractivity contribution in [3.8, 4) is 0 Å². The maximum atomic E-state index is 12.5. The van der Waals surface area contributed by atoms with Gasteiger partial charge in [0.05, 0.1) is 10.4 Å². The molecule has 1 fully saturated rings. The summed E-state index contributed by atoms with van der Waals surface area (Å²) in [6.45, 7) is 4.35.